The third-order valence-corrected chi connectivity index (χ3v) is 2.02. The zero-order valence-electron chi connectivity index (χ0n) is 9.50. The van der Waals surface area contributed by atoms with Crippen LogP contribution in [0.25, 0.3) is 0 Å². The summed E-state index contributed by atoms with van der Waals surface area (Å²) >= 11 is 0. The van der Waals surface area contributed by atoms with Crippen molar-refractivity contribution in [2.24, 2.45) is 5.92 Å². The summed E-state index contributed by atoms with van der Waals surface area (Å²) in [6, 6.07) is 6.19. The zero-order chi connectivity index (χ0) is 12.0. The summed E-state index contributed by atoms with van der Waals surface area (Å²) in [4.78, 5) is 11.2. The highest BCUT2D eigenvalue weighted by Crippen LogP contribution is 2.14. The Labute approximate surface area is 94.6 Å². The molecule has 0 unspecified atom stereocenters. The number of hydrogen-bond donors (Lipinski definition) is 1. The molecule has 1 amide bonds. The molecule has 0 bridgehead atoms. The number of ether oxygens (including phenoxy) is 1. The Balaban J connectivity index is 2.26. The van der Waals surface area contributed by atoms with Gasteiger partial charge in [0.2, 0.25) is 5.91 Å². The number of rotatable bonds is 5. The van der Waals surface area contributed by atoms with Crippen molar-refractivity contribution in [2.45, 2.75) is 13.8 Å². The number of hydrogen-bond acceptors (Lipinski definition) is 2. The predicted octanol–water partition coefficient (Wildman–Crippen LogP) is 1.98. The van der Waals surface area contributed by atoms with Crippen molar-refractivity contribution < 1.29 is 13.9 Å². The molecule has 0 aromatic heterocycles. The molecule has 1 aromatic carbocycles. The van der Waals surface area contributed by atoms with Crippen molar-refractivity contribution in [3.05, 3.63) is 30.1 Å². The highest BCUT2D eigenvalue weighted by atomic mass is 19.1. The topological polar surface area (TPSA) is 38.3 Å². The van der Waals surface area contributed by atoms with E-state index in [2.05, 4.69) is 5.32 Å². The van der Waals surface area contributed by atoms with Crippen LogP contribution in [0.4, 0.5) is 4.39 Å². The summed E-state index contributed by atoms with van der Waals surface area (Å²) in [5.41, 5.74) is 0. The molecule has 0 aliphatic carbocycles. The van der Waals surface area contributed by atoms with Crippen molar-refractivity contribution >= 4 is 5.91 Å². The summed E-state index contributed by atoms with van der Waals surface area (Å²) in [6.07, 6.45) is 0. The molecule has 1 rings (SSSR count). The van der Waals surface area contributed by atoms with Gasteiger partial charge in [-0.25, -0.2) is 4.39 Å². The molecule has 3 nitrogen and oxygen atoms in total. The molecule has 88 valence electrons. The maximum absolute atomic E-state index is 13.1. The minimum absolute atomic E-state index is 0.0304. The maximum Gasteiger partial charge on any atom is 0.222 e. The Morgan fingerprint density at radius 2 is 2.12 bits per heavy atom. The maximum atomic E-state index is 13.1. The Hall–Kier alpha value is -1.58. The van der Waals surface area contributed by atoms with Gasteiger partial charge in [-0.1, -0.05) is 26.0 Å². The Morgan fingerprint density at radius 1 is 1.44 bits per heavy atom. The second-order valence-electron chi connectivity index (χ2n) is 3.72. The average Bonchev–Trinajstić information content (AvgIpc) is 2.26. The summed E-state index contributed by atoms with van der Waals surface area (Å²) in [5.74, 6) is -0.260. The van der Waals surface area contributed by atoms with E-state index in [4.69, 9.17) is 4.74 Å². The number of carbonyl (C=O) groups excluding carboxylic acids is 1. The SMILES string of the molecule is CC(C)C(=O)NCCOc1ccccc1F. The third-order valence-electron chi connectivity index (χ3n) is 2.02. The Bertz CT molecular complexity index is 353. The monoisotopic (exact) mass is 225 g/mol. The second kappa shape index (κ2) is 6.10. The molecule has 0 saturated carbocycles. The average molecular weight is 225 g/mol. The van der Waals surface area contributed by atoms with Crippen LogP contribution in [-0.2, 0) is 4.79 Å². The molecule has 0 atom stereocenters. The van der Waals surface area contributed by atoms with E-state index in [1.54, 1.807) is 18.2 Å². The van der Waals surface area contributed by atoms with Gasteiger partial charge in [0.05, 0.1) is 6.54 Å². The summed E-state index contributed by atoms with van der Waals surface area (Å²) in [7, 11) is 0. The van der Waals surface area contributed by atoms with Crippen LogP contribution in [0.3, 0.4) is 0 Å². The van der Waals surface area contributed by atoms with Gasteiger partial charge < -0.3 is 10.1 Å². The number of amides is 1. The lowest BCUT2D eigenvalue weighted by Crippen LogP contribution is -2.31. The molecule has 4 heteroatoms. The van der Waals surface area contributed by atoms with Crippen molar-refractivity contribution in [3.63, 3.8) is 0 Å². The van der Waals surface area contributed by atoms with Crippen LogP contribution in [0, 0.1) is 11.7 Å². The highest BCUT2D eigenvalue weighted by molar-refractivity contribution is 5.77. The normalized spacial score (nSPS) is 10.2. The molecule has 0 heterocycles. The number of para-hydroxylation sites is 1. The number of carbonyl (C=O) groups is 1. The van der Waals surface area contributed by atoms with E-state index in [1.165, 1.54) is 6.07 Å². The highest BCUT2D eigenvalue weighted by Gasteiger charge is 2.05. The van der Waals surface area contributed by atoms with E-state index in [-0.39, 0.29) is 24.2 Å². The minimum Gasteiger partial charge on any atom is -0.489 e. The standard InChI is InChI=1S/C12H16FNO2/c1-9(2)12(15)14-7-8-16-11-6-4-3-5-10(11)13/h3-6,9H,7-8H2,1-2H3,(H,14,15). The zero-order valence-corrected chi connectivity index (χ0v) is 9.50. The van der Waals surface area contributed by atoms with Crippen LogP contribution in [0.15, 0.2) is 24.3 Å². The van der Waals surface area contributed by atoms with Crippen molar-refractivity contribution in [3.8, 4) is 5.75 Å². The molecule has 1 aromatic rings. The van der Waals surface area contributed by atoms with Gasteiger partial charge in [0, 0.05) is 5.92 Å². The first-order valence-electron chi connectivity index (χ1n) is 5.26. The van der Waals surface area contributed by atoms with Gasteiger partial charge in [-0.05, 0) is 12.1 Å². The number of benzene rings is 1. The summed E-state index contributed by atoms with van der Waals surface area (Å²) in [6.45, 7) is 4.27. The lowest BCUT2D eigenvalue weighted by atomic mass is 10.2. The first-order valence-corrected chi connectivity index (χ1v) is 5.26. The molecular weight excluding hydrogens is 209 g/mol. The van der Waals surface area contributed by atoms with E-state index in [0.717, 1.165) is 0 Å². The van der Waals surface area contributed by atoms with Gasteiger partial charge in [-0.3, -0.25) is 4.79 Å². The first kappa shape index (κ1) is 12.5. The van der Waals surface area contributed by atoms with Crippen LogP contribution >= 0.6 is 0 Å². The number of halogens is 1. The smallest absolute Gasteiger partial charge is 0.222 e. The van der Waals surface area contributed by atoms with E-state index in [0.29, 0.717) is 6.54 Å². The fraction of sp³-hybridized carbons (Fsp3) is 0.417. The van der Waals surface area contributed by atoms with E-state index in [1.807, 2.05) is 13.8 Å². The van der Waals surface area contributed by atoms with Crippen LogP contribution < -0.4 is 10.1 Å². The molecule has 16 heavy (non-hydrogen) atoms. The third kappa shape index (κ3) is 3.88. The molecule has 0 aliphatic heterocycles. The van der Waals surface area contributed by atoms with Gasteiger partial charge in [-0.2, -0.15) is 0 Å². The minimum atomic E-state index is -0.391. The Morgan fingerprint density at radius 3 is 2.75 bits per heavy atom. The predicted molar refractivity (Wildman–Crippen MR) is 59.7 cm³/mol. The second-order valence-corrected chi connectivity index (χ2v) is 3.72. The molecular formula is C12H16FNO2. The molecule has 0 spiro atoms. The van der Waals surface area contributed by atoms with E-state index >= 15 is 0 Å². The van der Waals surface area contributed by atoms with Gasteiger partial charge >= 0.3 is 0 Å². The van der Waals surface area contributed by atoms with Crippen LogP contribution in [0.5, 0.6) is 5.75 Å². The Kier molecular flexibility index (Phi) is 4.76. The largest absolute Gasteiger partial charge is 0.489 e. The van der Waals surface area contributed by atoms with E-state index < -0.39 is 5.82 Å². The molecule has 1 N–H and O–H groups in total. The van der Waals surface area contributed by atoms with E-state index in [9.17, 15) is 9.18 Å². The van der Waals surface area contributed by atoms with Gasteiger partial charge in [-0.15, -0.1) is 0 Å². The van der Waals surface area contributed by atoms with Crippen molar-refractivity contribution in [2.75, 3.05) is 13.2 Å². The fourth-order valence-electron chi connectivity index (χ4n) is 1.10. The van der Waals surface area contributed by atoms with Gasteiger partial charge in [0.15, 0.2) is 11.6 Å². The van der Waals surface area contributed by atoms with Crippen LogP contribution in [0.2, 0.25) is 0 Å². The summed E-state index contributed by atoms with van der Waals surface area (Å²) < 4.78 is 18.3. The quantitative estimate of drug-likeness (QED) is 0.778. The first-order chi connectivity index (χ1) is 7.61. The number of nitrogens with one attached hydrogen (secondary N) is 1. The molecule has 0 fully saturated rings. The van der Waals surface area contributed by atoms with Crippen LogP contribution in [-0.4, -0.2) is 19.1 Å². The molecule has 0 saturated heterocycles. The molecule has 0 aliphatic rings. The van der Waals surface area contributed by atoms with Crippen molar-refractivity contribution in [1.82, 2.24) is 5.32 Å². The fourth-order valence-corrected chi connectivity index (χ4v) is 1.10. The van der Waals surface area contributed by atoms with Gasteiger partial charge in [0.1, 0.15) is 6.61 Å². The lowest BCUT2D eigenvalue weighted by Gasteiger charge is -2.09. The lowest BCUT2D eigenvalue weighted by molar-refractivity contribution is -0.124. The molecule has 0 radical (unpaired) electrons. The van der Waals surface area contributed by atoms with Crippen molar-refractivity contribution in [1.29, 1.82) is 0 Å². The van der Waals surface area contributed by atoms with Crippen LogP contribution in [0.1, 0.15) is 13.8 Å². The summed E-state index contributed by atoms with van der Waals surface area (Å²) in [5, 5.41) is 2.69. The van der Waals surface area contributed by atoms with Gasteiger partial charge in [0.25, 0.3) is 0 Å².